The fourth-order valence-electron chi connectivity index (χ4n) is 0.974. The highest BCUT2D eigenvalue weighted by atomic mass is 31.2. The maximum absolute atomic E-state index is 13.1. The van der Waals surface area contributed by atoms with Gasteiger partial charge in [-0.2, -0.15) is 13.8 Å². The first kappa shape index (κ1) is 13.1. The Kier molecular flexibility index (Phi) is 3.67. The van der Waals surface area contributed by atoms with E-state index in [0.29, 0.717) is 0 Å². The number of nitrogens with zero attached hydrogens (tertiary/aromatic N) is 1. The molecule has 0 radical (unpaired) electrons. The van der Waals surface area contributed by atoms with Crippen LogP contribution in [-0.4, -0.2) is 19.2 Å². The van der Waals surface area contributed by atoms with Crippen LogP contribution in [0, 0.1) is 23.5 Å². The second-order valence-electron chi connectivity index (χ2n) is 2.53. The van der Waals surface area contributed by atoms with Gasteiger partial charge in [0.1, 0.15) is 5.30 Å². The molecular formula is C7H6F4NO3P. The zero-order valence-corrected chi connectivity index (χ0v) is 9.03. The van der Waals surface area contributed by atoms with Gasteiger partial charge < -0.3 is 9.05 Å². The summed E-state index contributed by atoms with van der Waals surface area (Å²) < 4.78 is 71.8. The van der Waals surface area contributed by atoms with Crippen molar-refractivity contribution >= 4 is 12.9 Å². The van der Waals surface area contributed by atoms with Gasteiger partial charge in [-0.25, -0.2) is 8.78 Å². The van der Waals surface area contributed by atoms with Crippen LogP contribution in [0.5, 0.6) is 0 Å². The molecule has 0 fully saturated rings. The molecule has 0 aliphatic carbocycles. The van der Waals surface area contributed by atoms with Crippen LogP contribution in [-0.2, 0) is 13.6 Å². The van der Waals surface area contributed by atoms with E-state index in [0.717, 1.165) is 14.2 Å². The van der Waals surface area contributed by atoms with Gasteiger partial charge in [0.05, 0.1) is 0 Å². The summed E-state index contributed by atoms with van der Waals surface area (Å²) in [4.78, 5) is 2.30. The van der Waals surface area contributed by atoms with Crippen LogP contribution in [0.4, 0.5) is 17.6 Å². The summed E-state index contributed by atoms with van der Waals surface area (Å²) in [6.45, 7) is 0. The maximum Gasteiger partial charge on any atom is 0.367 e. The predicted octanol–water partition coefficient (Wildman–Crippen LogP) is 1.75. The first-order valence-corrected chi connectivity index (χ1v) is 5.33. The standard InChI is InChI=1S/C7H6F4NO3P/c1-14-16(13,15-2)5-3(8)6(10)12-7(11)4(5)9/h1-2H3. The minimum absolute atomic E-state index is 0.819. The van der Waals surface area contributed by atoms with E-state index in [4.69, 9.17) is 0 Å². The molecule has 0 atom stereocenters. The van der Waals surface area contributed by atoms with Crippen LogP contribution >= 0.6 is 7.60 Å². The van der Waals surface area contributed by atoms with Crippen molar-refractivity contribution in [3.63, 3.8) is 0 Å². The highest BCUT2D eigenvalue weighted by Crippen LogP contribution is 2.46. The molecule has 0 aliphatic rings. The quantitative estimate of drug-likeness (QED) is 0.471. The van der Waals surface area contributed by atoms with Crippen molar-refractivity contribution in [1.29, 1.82) is 0 Å². The molecule has 0 saturated carbocycles. The fraction of sp³-hybridized carbons (Fsp3) is 0.286. The van der Waals surface area contributed by atoms with Gasteiger partial charge in [0, 0.05) is 14.2 Å². The van der Waals surface area contributed by atoms with Crippen LogP contribution in [0.3, 0.4) is 0 Å². The molecule has 0 saturated heterocycles. The van der Waals surface area contributed by atoms with Crippen LogP contribution in [0.2, 0.25) is 0 Å². The van der Waals surface area contributed by atoms with Gasteiger partial charge in [0.25, 0.3) is 11.9 Å². The Morgan fingerprint density at radius 2 is 1.38 bits per heavy atom. The fourth-order valence-corrected chi connectivity index (χ4v) is 2.15. The summed E-state index contributed by atoms with van der Waals surface area (Å²) >= 11 is 0. The Morgan fingerprint density at radius 3 is 1.69 bits per heavy atom. The molecule has 1 aromatic heterocycles. The van der Waals surface area contributed by atoms with Gasteiger partial charge >= 0.3 is 7.60 Å². The van der Waals surface area contributed by atoms with Gasteiger partial charge in [-0.1, -0.05) is 0 Å². The molecule has 0 aromatic carbocycles. The highest BCUT2D eigenvalue weighted by molar-refractivity contribution is 7.62. The lowest BCUT2D eigenvalue weighted by Gasteiger charge is -2.14. The molecule has 0 amide bonds. The third-order valence-electron chi connectivity index (χ3n) is 1.73. The lowest BCUT2D eigenvalue weighted by atomic mass is 10.4. The molecule has 16 heavy (non-hydrogen) atoms. The van der Waals surface area contributed by atoms with E-state index in [1.54, 1.807) is 0 Å². The molecule has 1 rings (SSSR count). The molecule has 0 spiro atoms. The smallest absolute Gasteiger partial charge is 0.308 e. The van der Waals surface area contributed by atoms with Crippen molar-refractivity contribution in [3.05, 3.63) is 23.5 Å². The monoisotopic (exact) mass is 259 g/mol. The lowest BCUT2D eigenvalue weighted by Crippen LogP contribution is -2.22. The number of halogens is 4. The third kappa shape index (κ3) is 1.95. The number of hydrogen-bond acceptors (Lipinski definition) is 4. The molecule has 0 aliphatic heterocycles. The first-order valence-electron chi connectivity index (χ1n) is 3.79. The van der Waals surface area contributed by atoms with Gasteiger partial charge in [-0.05, 0) is 0 Å². The topological polar surface area (TPSA) is 48.4 Å². The Morgan fingerprint density at radius 1 is 1.00 bits per heavy atom. The highest BCUT2D eigenvalue weighted by Gasteiger charge is 2.37. The summed E-state index contributed by atoms with van der Waals surface area (Å²) in [6, 6.07) is 0. The van der Waals surface area contributed by atoms with Crippen molar-refractivity contribution in [1.82, 2.24) is 4.98 Å². The Balaban J connectivity index is 3.61. The van der Waals surface area contributed by atoms with Crippen molar-refractivity contribution in [2.24, 2.45) is 0 Å². The largest absolute Gasteiger partial charge is 0.367 e. The van der Waals surface area contributed by atoms with Crippen LogP contribution < -0.4 is 5.30 Å². The van der Waals surface area contributed by atoms with E-state index in [1.807, 2.05) is 0 Å². The molecule has 90 valence electrons. The number of pyridine rings is 1. The van der Waals surface area contributed by atoms with Crippen molar-refractivity contribution in [2.75, 3.05) is 14.2 Å². The second kappa shape index (κ2) is 4.48. The molecular weight excluding hydrogens is 253 g/mol. The van der Waals surface area contributed by atoms with Crippen molar-refractivity contribution in [3.8, 4) is 0 Å². The molecule has 9 heteroatoms. The normalized spacial score (nSPS) is 11.9. The first-order chi connectivity index (χ1) is 7.37. The number of aromatic nitrogens is 1. The summed E-state index contributed by atoms with van der Waals surface area (Å²) in [6.07, 6.45) is 0. The van der Waals surface area contributed by atoms with E-state index in [-0.39, 0.29) is 0 Å². The predicted molar refractivity (Wildman–Crippen MR) is 45.3 cm³/mol. The molecule has 4 nitrogen and oxygen atoms in total. The SMILES string of the molecule is COP(=O)(OC)c1c(F)c(F)nc(F)c1F. The summed E-state index contributed by atoms with van der Waals surface area (Å²) in [5, 5.41) is -1.44. The van der Waals surface area contributed by atoms with Crippen LogP contribution in [0.25, 0.3) is 0 Å². The summed E-state index contributed by atoms with van der Waals surface area (Å²) in [7, 11) is -2.79. The second-order valence-corrected chi connectivity index (χ2v) is 4.71. The zero-order valence-electron chi connectivity index (χ0n) is 8.13. The van der Waals surface area contributed by atoms with Gasteiger partial charge in [0.2, 0.25) is 0 Å². The Bertz CT molecular complexity index is 433. The molecule has 1 aromatic rings. The molecule has 0 unspecified atom stereocenters. The average molecular weight is 259 g/mol. The minimum Gasteiger partial charge on any atom is -0.308 e. The summed E-state index contributed by atoms with van der Waals surface area (Å²) in [5.74, 6) is -7.68. The van der Waals surface area contributed by atoms with E-state index in [2.05, 4.69) is 14.0 Å². The zero-order chi connectivity index (χ0) is 12.5. The number of rotatable bonds is 3. The van der Waals surface area contributed by atoms with Crippen molar-refractivity contribution in [2.45, 2.75) is 0 Å². The van der Waals surface area contributed by atoms with Crippen molar-refractivity contribution < 1.29 is 31.2 Å². The van der Waals surface area contributed by atoms with E-state index in [1.165, 1.54) is 0 Å². The van der Waals surface area contributed by atoms with Crippen LogP contribution in [0.15, 0.2) is 0 Å². The lowest BCUT2D eigenvalue weighted by molar-refractivity contribution is 0.283. The Labute approximate surface area is 87.7 Å². The Hall–Kier alpha value is -0.980. The average Bonchev–Trinajstić information content (AvgIpc) is 2.26. The third-order valence-corrected chi connectivity index (χ3v) is 3.63. The molecule has 1 heterocycles. The van der Waals surface area contributed by atoms with Crippen LogP contribution in [0.1, 0.15) is 0 Å². The van der Waals surface area contributed by atoms with E-state index in [9.17, 15) is 22.1 Å². The number of hydrogen-bond donors (Lipinski definition) is 0. The van der Waals surface area contributed by atoms with E-state index >= 15 is 0 Å². The van der Waals surface area contributed by atoms with Gasteiger partial charge in [-0.15, -0.1) is 0 Å². The van der Waals surface area contributed by atoms with Gasteiger partial charge in [-0.3, -0.25) is 4.57 Å². The van der Waals surface area contributed by atoms with E-state index < -0.39 is 36.4 Å². The summed E-state index contributed by atoms with van der Waals surface area (Å²) in [5.41, 5.74) is 0. The van der Waals surface area contributed by atoms with Gasteiger partial charge in [0.15, 0.2) is 11.6 Å². The molecule has 0 N–H and O–H groups in total. The molecule has 0 bridgehead atoms. The minimum atomic E-state index is -4.43. The maximum atomic E-state index is 13.1.